The van der Waals surface area contributed by atoms with Gasteiger partial charge in [0.2, 0.25) is 0 Å². The van der Waals surface area contributed by atoms with E-state index in [1.54, 1.807) is 7.11 Å². The number of hydrogen-bond donors (Lipinski definition) is 2. The van der Waals surface area contributed by atoms with Crippen LogP contribution >= 0.6 is 0 Å². The summed E-state index contributed by atoms with van der Waals surface area (Å²) >= 11 is 0. The minimum absolute atomic E-state index is 0.0835. The van der Waals surface area contributed by atoms with E-state index < -0.39 is 0 Å². The number of methoxy groups -OCH3 is 1. The molecule has 4 heteroatoms. The van der Waals surface area contributed by atoms with E-state index in [-0.39, 0.29) is 5.91 Å². The van der Waals surface area contributed by atoms with Crippen molar-refractivity contribution in [1.82, 2.24) is 10.3 Å². The molecule has 0 fully saturated rings. The van der Waals surface area contributed by atoms with Crippen LogP contribution < -0.4 is 10.1 Å². The van der Waals surface area contributed by atoms with E-state index in [0.29, 0.717) is 12.2 Å². The maximum atomic E-state index is 12.4. The molecule has 0 aliphatic rings. The third kappa shape index (κ3) is 3.68. The molecule has 1 aromatic heterocycles. The Bertz CT molecular complexity index is 925. The minimum atomic E-state index is -0.0835. The van der Waals surface area contributed by atoms with Crippen LogP contribution in [0.25, 0.3) is 10.9 Å². The molecular weight excluding hydrogens is 312 g/mol. The Morgan fingerprint density at radius 3 is 2.64 bits per heavy atom. The van der Waals surface area contributed by atoms with Crippen LogP contribution in [-0.4, -0.2) is 24.5 Å². The van der Waals surface area contributed by atoms with Crippen molar-refractivity contribution >= 4 is 16.8 Å². The van der Waals surface area contributed by atoms with Gasteiger partial charge in [-0.2, -0.15) is 0 Å². The van der Waals surface area contributed by atoms with E-state index in [1.165, 1.54) is 16.7 Å². The van der Waals surface area contributed by atoms with Gasteiger partial charge in [0, 0.05) is 17.4 Å². The van der Waals surface area contributed by atoms with Gasteiger partial charge in [-0.15, -0.1) is 0 Å². The lowest BCUT2D eigenvalue weighted by Crippen LogP contribution is -2.26. The quantitative estimate of drug-likeness (QED) is 0.738. The molecule has 0 saturated heterocycles. The van der Waals surface area contributed by atoms with Crippen molar-refractivity contribution in [3.05, 3.63) is 64.3 Å². The molecule has 3 aromatic rings. The molecule has 130 valence electrons. The highest BCUT2D eigenvalue weighted by Gasteiger charge is 2.11. The number of rotatable bonds is 5. The van der Waals surface area contributed by atoms with E-state index in [9.17, 15) is 4.79 Å². The number of H-pyrrole nitrogens is 1. The number of aromatic amines is 1. The first-order chi connectivity index (χ1) is 12.0. The molecule has 25 heavy (non-hydrogen) atoms. The summed E-state index contributed by atoms with van der Waals surface area (Å²) in [5, 5.41) is 4.08. The van der Waals surface area contributed by atoms with Gasteiger partial charge < -0.3 is 15.0 Å². The van der Waals surface area contributed by atoms with Crippen molar-refractivity contribution in [1.29, 1.82) is 0 Å². The standard InChI is InChI=1S/C21H24N2O2/c1-13-5-6-20(25-4)16(10-13)7-8-22-21(24)19-12-17-15(3)9-14(2)11-18(17)23-19/h5-6,9-12,23H,7-8H2,1-4H3,(H,22,24). The number of ether oxygens (including phenoxy) is 1. The predicted molar refractivity (Wildman–Crippen MR) is 102 cm³/mol. The monoisotopic (exact) mass is 336 g/mol. The molecule has 4 nitrogen and oxygen atoms in total. The zero-order valence-electron chi connectivity index (χ0n) is 15.2. The van der Waals surface area contributed by atoms with Crippen molar-refractivity contribution < 1.29 is 9.53 Å². The van der Waals surface area contributed by atoms with Crippen molar-refractivity contribution in [3.63, 3.8) is 0 Å². The Morgan fingerprint density at radius 1 is 1.08 bits per heavy atom. The van der Waals surface area contributed by atoms with Crippen LogP contribution in [0.2, 0.25) is 0 Å². The third-order valence-corrected chi connectivity index (χ3v) is 4.45. The van der Waals surface area contributed by atoms with Gasteiger partial charge in [0.1, 0.15) is 11.4 Å². The second-order valence-electron chi connectivity index (χ2n) is 6.55. The van der Waals surface area contributed by atoms with E-state index in [2.05, 4.69) is 49.3 Å². The summed E-state index contributed by atoms with van der Waals surface area (Å²) in [5.74, 6) is 0.774. The lowest BCUT2D eigenvalue weighted by atomic mass is 10.1. The lowest BCUT2D eigenvalue weighted by molar-refractivity contribution is 0.0950. The fraction of sp³-hybridized carbons (Fsp3) is 0.286. The Kier molecular flexibility index (Phi) is 4.79. The molecule has 0 atom stereocenters. The topological polar surface area (TPSA) is 54.1 Å². The first kappa shape index (κ1) is 17.1. The summed E-state index contributed by atoms with van der Waals surface area (Å²) in [5.41, 5.74) is 6.25. The number of hydrogen-bond acceptors (Lipinski definition) is 2. The van der Waals surface area contributed by atoms with E-state index in [1.807, 2.05) is 18.2 Å². The van der Waals surface area contributed by atoms with Gasteiger partial charge >= 0.3 is 0 Å². The molecule has 2 N–H and O–H groups in total. The zero-order valence-corrected chi connectivity index (χ0v) is 15.2. The first-order valence-corrected chi connectivity index (χ1v) is 8.49. The Balaban J connectivity index is 1.69. The average molecular weight is 336 g/mol. The summed E-state index contributed by atoms with van der Waals surface area (Å²) < 4.78 is 5.39. The zero-order chi connectivity index (χ0) is 18.0. The largest absolute Gasteiger partial charge is 0.496 e. The summed E-state index contributed by atoms with van der Waals surface area (Å²) in [4.78, 5) is 15.7. The molecule has 1 heterocycles. The van der Waals surface area contributed by atoms with Crippen molar-refractivity contribution in [3.8, 4) is 5.75 Å². The van der Waals surface area contributed by atoms with Gasteiger partial charge in [-0.3, -0.25) is 4.79 Å². The number of aromatic nitrogens is 1. The molecule has 0 aliphatic heterocycles. The van der Waals surface area contributed by atoms with E-state index in [4.69, 9.17) is 4.74 Å². The van der Waals surface area contributed by atoms with Crippen LogP contribution in [0.3, 0.4) is 0 Å². The second kappa shape index (κ2) is 7.01. The summed E-state index contributed by atoms with van der Waals surface area (Å²) in [6.45, 7) is 6.74. The number of aryl methyl sites for hydroxylation is 3. The summed E-state index contributed by atoms with van der Waals surface area (Å²) in [6.07, 6.45) is 0.731. The molecule has 0 aliphatic carbocycles. The lowest BCUT2D eigenvalue weighted by Gasteiger charge is -2.10. The average Bonchev–Trinajstić information content (AvgIpc) is 2.99. The predicted octanol–water partition coefficient (Wildman–Crippen LogP) is 4.07. The van der Waals surface area contributed by atoms with Gasteiger partial charge in [0.05, 0.1) is 7.11 Å². The number of amides is 1. The molecule has 0 unspecified atom stereocenters. The van der Waals surface area contributed by atoms with Crippen LogP contribution in [0.5, 0.6) is 5.75 Å². The molecule has 0 radical (unpaired) electrons. The molecule has 2 aromatic carbocycles. The highest BCUT2D eigenvalue weighted by molar-refractivity contribution is 5.99. The Labute approximate surface area is 148 Å². The molecule has 0 spiro atoms. The maximum Gasteiger partial charge on any atom is 0.267 e. The smallest absolute Gasteiger partial charge is 0.267 e. The highest BCUT2D eigenvalue weighted by Crippen LogP contribution is 2.22. The van der Waals surface area contributed by atoms with Crippen LogP contribution in [-0.2, 0) is 6.42 Å². The van der Waals surface area contributed by atoms with E-state index >= 15 is 0 Å². The van der Waals surface area contributed by atoms with Gasteiger partial charge in [-0.1, -0.05) is 23.8 Å². The van der Waals surface area contributed by atoms with Gasteiger partial charge in [0.15, 0.2) is 0 Å². The van der Waals surface area contributed by atoms with Crippen LogP contribution in [0.15, 0.2) is 36.4 Å². The number of nitrogens with one attached hydrogen (secondary N) is 2. The van der Waals surface area contributed by atoms with E-state index in [0.717, 1.165) is 28.6 Å². The number of carbonyl (C=O) groups excluding carboxylic acids is 1. The molecule has 0 bridgehead atoms. The molecule has 0 saturated carbocycles. The van der Waals surface area contributed by atoms with Gasteiger partial charge in [-0.25, -0.2) is 0 Å². The number of carbonyl (C=O) groups is 1. The fourth-order valence-electron chi connectivity index (χ4n) is 3.23. The van der Waals surface area contributed by atoms with Crippen LogP contribution in [0.4, 0.5) is 0 Å². The van der Waals surface area contributed by atoms with Gasteiger partial charge in [0.25, 0.3) is 5.91 Å². The molecule has 1 amide bonds. The fourth-order valence-corrected chi connectivity index (χ4v) is 3.23. The Morgan fingerprint density at radius 2 is 1.88 bits per heavy atom. The van der Waals surface area contributed by atoms with Crippen molar-refractivity contribution in [2.24, 2.45) is 0 Å². The Hall–Kier alpha value is -2.75. The summed E-state index contributed by atoms with van der Waals surface area (Å²) in [7, 11) is 1.67. The summed E-state index contributed by atoms with van der Waals surface area (Å²) in [6, 6.07) is 12.2. The first-order valence-electron chi connectivity index (χ1n) is 8.49. The number of fused-ring (bicyclic) bond motifs is 1. The second-order valence-corrected chi connectivity index (χ2v) is 6.55. The van der Waals surface area contributed by atoms with Crippen LogP contribution in [0, 0.1) is 20.8 Å². The van der Waals surface area contributed by atoms with Crippen LogP contribution in [0.1, 0.15) is 32.7 Å². The minimum Gasteiger partial charge on any atom is -0.496 e. The maximum absolute atomic E-state index is 12.4. The third-order valence-electron chi connectivity index (χ3n) is 4.45. The van der Waals surface area contributed by atoms with Gasteiger partial charge in [-0.05, 0) is 62.1 Å². The van der Waals surface area contributed by atoms with Crippen molar-refractivity contribution in [2.75, 3.05) is 13.7 Å². The van der Waals surface area contributed by atoms with Crippen molar-refractivity contribution in [2.45, 2.75) is 27.2 Å². The molecular formula is C21H24N2O2. The SMILES string of the molecule is COc1ccc(C)cc1CCNC(=O)c1cc2c(C)cc(C)cc2[nH]1. The number of benzene rings is 2. The normalized spacial score (nSPS) is 10.9. The highest BCUT2D eigenvalue weighted by atomic mass is 16.5. The molecule has 3 rings (SSSR count).